The van der Waals surface area contributed by atoms with Crippen molar-refractivity contribution in [2.45, 2.75) is 23.8 Å². The Morgan fingerprint density at radius 3 is 2.71 bits per heavy atom. The number of hydrogen-bond donors (Lipinski definition) is 1. The summed E-state index contributed by atoms with van der Waals surface area (Å²) in [5.74, 6) is 0.211. The number of amides is 1. The van der Waals surface area contributed by atoms with Crippen LogP contribution in [0.25, 0.3) is 6.08 Å². The molecule has 1 aromatic heterocycles. The summed E-state index contributed by atoms with van der Waals surface area (Å²) in [5.41, 5.74) is 0.149. The third-order valence-electron chi connectivity index (χ3n) is 3.88. The summed E-state index contributed by atoms with van der Waals surface area (Å²) in [4.78, 5) is 17.5. The zero-order valence-electron chi connectivity index (χ0n) is 15.0. The first-order chi connectivity index (χ1) is 13.4. The lowest BCUT2D eigenvalue weighted by Gasteiger charge is -2.19. The minimum absolute atomic E-state index is 0.00135. The van der Waals surface area contributed by atoms with Gasteiger partial charge in [0.2, 0.25) is 5.17 Å². The van der Waals surface area contributed by atoms with Gasteiger partial charge in [0.25, 0.3) is 5.91 Å². The van der Waals surface area contributed by atoms with Crippen molar-refractivity contribution < 1.29 is 9.21 Å². The number of halogens is 1. The molecule has 2 aliphatic heterocycles. The van der Waals surface area contributed by atoms with Crippen LogP contribution in [0.3, 0.4) is 0 Å². The molecule has 0 bridgehead atoms. The van der Waals surface area contributed by atoms with Crippen LogP contribution in [-0.2, 0) is 4.79 Å². The number of hydrogen-bond acceptors (Lipinski definition) is 6. The summed E-state index contributed by atoms with van der Waals surface area (Å²) in [6, 6.07) is 11.0. The van der Waals surface area contributed by atoms with Gasteiger partial charge in [0.15, 0.2) is 10.9 Å². The van der Waals surface area contributed by atoms with Gasteiger partial charge in [0.1, 0.15) is 10.8 Å². The topological polar surface area (TPSA) is 82.0 Å². The third kappa shape index (κ3) is 3.80. The fourth-order valence-corrected chi connectivity index (χ4v) is 4.26. The first-order valence-electron chi connectivity index (χ1n) is 8.44. The van der Waals surface area contributed by atoms with Gasteiger partial charge in [-0.05, 0) is 54.2 Å². The average molecular weight is 431 g/mol. The molecule has 0 saturated heterocycles. The predicted octanol–water partition coefficient (Wildman–Crippen LogP) is 5.36. The van der Waals surface area contributed by atoms with E-state index < -0.39 is 5.91 Å². The molecule has 0 aliphatic carbocycles. The van der Waals surface area contributed by atoms with Crippen molar-refractivity contribution >= 4 is 63.2 Å². The highest BCUT2D eigenvalue weighted by Gasteiger charge is 2.36. The van der Waals surface area contributed by atoms with Gasteiger partial charge in [-0.25, -0.2) is 0 Å². The molecule has 4 rings (SSSR count). The highest BCUT2D eigenvalue weighted by Crippen LogP contribution is 2.33. The number of fused-ring (bicyclic) bond motifs is 1. The monoisotopic (exact) mass is 430 g/mol. The number of benzene rings is 1. The van der Waals surface area contributed by atoms with E-state index in [9.17, 15) is 4.79 Å². The van der Waals surface area contributed by atoms with E-state index in [1.54, 1.807) is 6.07 Å². The number of rotatable bonds is 4. The molecule has 9 heteroatoms. The van der Waals surface area contributed by atoms with Crippen LogP contribution in [0.2, 0.25) is 5.02 Å². The number of carbonyl (C=O) groups excluding carboxylic acids is 1. The number of furan rings is 1. The van der Waals surface area contributed by atoms with Gasteiger partial charge in [-0.1, -0.05) is 37.2 Å². The van der Waals surface area contributed by atoms with Crippen molar-refractivity contribution in [3.05, 3.63) is 52.8 Å². The fraction of sp³-hybridized carbons (Fsp3) is 0.158. The molecule has 0 spiro atoms. The molecule has 2 aromatic rings. The molecular weight excluding hydrogens is 416 g/mol. The summed E-state index contributed by atoms with van der Waals surface area (Å²) >= 11 is 8.67. The number of carbonyl (C=O) groups is 1. The first-order valence-corrected chi connectivity index (χ1v) is 10.4. The Hall–Kier alpha value is -2.29. The Morgan fingerprint density at radius 2 is 2.00 bits per heavy atom. The SMILES string of the molecule is CC(C)C1=NN2C(=N)/C(=C\c3ccc(Sc4ccc(Cl)cc4)o3)C(=O)N=C2S1. The Kier molecular flexibility index (Phi) is 5.18. The summed E-state index contributed by atoms with van der Waals surface area (Å²) in [5, 5.41) is 16.8. The second kappa shape index (κ2) is 7.62. The highest BCUT2D eigenvalue weighted by atomic mass is 35.5. The summed E-state index contributed by atoms with van der Waals surface area (Å²) in [6.45, 7) is 4.02. The molecule has 0 radical (unpaired) electrons. The number of aliphatic imine (C=N–C) groups is 1. The number of amidine groups is 2. The molecule has 0 fully saturated rings. The van der Waals surface area contributed by atoms with E-state index in [0.29, 0.717) is 21.0 Å². The fourth-order valence-electron chi connectivity index (χ4n) is 2.47. The average Bonchev–Trinajstić information content (AvgIpc) is 3.27. The van der Waals surface area contributed by atoms with Gasteiger partial charge in [-0.3, -0.25) is 10.2 Å². The van der Waals surface area contributed by atoms with Crippen molar-refractivity contribution in [3.63, 3.8) is 0 Å². The molecule has 1 aromatic carbocycles. The standard InChI is InChI=1S/C19H15ClN4O2S2/c1-10(2)18-23-24-16(21)14(17(25)22-19(24)28-18)9-12-5-8-15(26-12)27-13-6-3-11(20)4-7-13/h3-10,21H,1-2H3/b14-9+,21-16?. The third-order valence-corrected chi connectivity index (χ3v) is 6.27. The van der Waals surface area contributed by atoms with E-state index in [2.05, 4.69) is 10.1 Å². The largest absolute Gasteiger partial charge is 0.450 e. The minimum Gasteiger partial charge on any atom is -0.450 e. The molecule has 0 saturated carbocycles. The van der Waals surface area contributed by atoms with E-state index in [0.717, 1.165) is 9.94 Å². The van der Waals surface area contributed by atoms with E-state index in [4.69, 9.17) is 21.4 Å². The molecular formula is C19H15ClN4O2S2. The molecule has 6 nitrogen and oxygen atoms in total. The Labute approximate surface area is 175 Å². The van der Waals surface area contributed by atoms with Crippen molar-refractivity contribution in [2.75, 3.05) is 0 Å². The van der Waals surface area contributed by atoms with Gasteiger partial charge in [0, 0.05) is 15.8 Å². The maximum Gasteiger partial charge on any atom is 0.283 e. The highest BCUT2D eigenvalue weighted by molar-refractivity contribution is 8.27. The smallest absolute Gasteiger partial charge is 0.283 e. The van der Waals surface area contributed by atoms with E-state index in [-0.39, 0.29) is 17.3 Å². The number of thioether (sulfide) groups is 1. The van der Waals surface area contributed by atoms with Gasteiger partial charge < -0.3 is 4.42 Å². The summed E-state index contributed by atoms with van der Waals surface area (Å²) in [7, 11) is 0. The van der Waals surface area contributed by atoms with Crippen LogP contribution in [0.4, 0.5) is 0 Å². The molecule has 2 aliphatic rings. The lowest BCUT2D eigenvalue weighted by atomic mass is 10.1. The first kappa shape index (κ1) is 19.0. The second-order valence-electron chi connectivity index (χ2n) is 6.33. The molecule has 142 valence electrons. The molecule has 0 unspecified atom stereocenters. The quantitative estimate of drug-likeness (QED) is 0.660. The van der Waals surface area contributed by atoms with Crippen molar-refractivity contribution in [2.24, 2.45) is 16.0 Å². The van der Waals surface area contributed by atoms with Crippen LogP contribution in [-0.4, -0.2) is 27.0 Å². The van der Waals surface area contributed by atoms with Gasteiger partial charge >= 0.3 is 0 Å². The summed E-state index contributed by atoms with van der Waals surface area (Å²) in [6.07, 6.45) is 1.53. The second-order valence-corrected chi connectivity index (χ2v) is 8.83. The lowest BCUT2D eigenvalue weighted by Crippen LogP contribution is -2.35. The Morgan fingerprint density at radius 1 is 1.25 bits per heavy atom. The summed E-state index contributed by atoms with van der Waals surface area (Å²) < 4.78 is 5.78. The predicted molar refractivity (Wildman–Crippen MR) is 114 cm³/mol. The van der Waals surface area contributed by atoms with Gasteiger partial charge in [-0.2, -0.15) is 15.1 Å². The van der Waals surface area contributed by atoms with Crippen molar-refractivity contribution in [3.8, 4) is 0 Å². The van der Waals surface area contributed by atoms with E-state index in [1.807, 2.05) is 44.2 Å². The number of hydrazone groups is 1. The Bertz CT molecular complexity index is 1050. The van der Waals surface area contributed by atoms with Crippen LogP contribution >= 0.6 is 35.1 Å². The van der Waals surface area contributed by atoms with Gasteiger partial charge in [0.05, 0.1) is 5.57 Å². The zero-order chi connectivity index (χ0) is 19.8. The molecule has 0 atom stereocenters. The number of nitrogens with zero attached hydrogens (tertiary/aromatic N) is 3. The van der Waals surface area contributed by atoms with E-state index in [1.165, 1.54) is 34.6 Å². The van der Waals surface area contributed by atoms with Crippen LogP contribution < -0.4 is 0 Å². The lowest BCUT2D eigenvalue weighted by molar-refractivity contribution is -0.114. The molecule has 1 N–H and O–H groups in total. The normalized spacial score (nSPS) is 18.0. The Balaban J connectivity index is 1.56. The molecule has 3 heterocycles. The zero-order valence-corrected chi connectivity index (χ0v) is 17.4. The minimum atomic E-state index is -0.465. The van der Waals surface area contributed by atoms with Crippen LogP contribution in [0.5, 0.6) is 0 Å². The maximum atomic E-state index is 12.4. The van der Waals surface area contributed by atoms with Crippen LogP contribution in [0.15, 0.2) is 66.5 Å². The van der Waals surface area contributed by atoms with Crippen molar-refractivity contribution in [1.29, 1.82) is 5.41 Å². The van der Waals surface area contributed by atoms with Crippen LogP contribution in [0.1, 0.15) is 19.6 Å². The van der Waals surface area contributed by atoms with E-state index >= 15 is 0 Å². The van der Waals surface area contributed by atoms with Gasteiger partial charge in [-0.15, -0.1) is 0 Å². The molecule has 28 heavy (non-hydrogen) atoms. The maximum absolute atomic E-state index is 12.4. The number of nitrogens with one attached hydrogen (secondary N) is 1. The van der Waals surface area contributed by atoms with Crippen molar-refractivity contribution in [1.82, 2.24) is 5.01 Å². The molecule has 1 amide bonds. The van der Waals surface area contributed by atoms with Crippen LogP contribution in [0, 0.1) is 11.3 Å².